The molecule has 0 spiro atoms. The number of fused-ring (bicyclic) bond motifs is 2. The van der Waals surface area contributed by atoms with Crippen molar-refractivity contribution in [3.05, 3.63) is 58.6 Å². The lowest BCUT2D eigenvalue weighted by atomic mass is 10.0. The fourth-order valence-electron chi connectivity index (χ4n) is 2.40. The minimum Gasteiger partial charge on any atom is -0.457 e. The minimum absolute atomic E-state index is 0.380. The van der Waals surface area contributed by atoms with Crippen molar-refractivity contribution in [1.82, 2.24) is 0 Å². The highest BCUT2D eigenvalue weighted by Gasteiger charge is 2.23. The van der Waals surface area contributed by atoms with Gasteiger partial charge in [-0.2, -0.15) is 11.8 Å². The maximum absolute atomic E-state index is 6.17. The van der Waals surface area contributed by atoms with Crippen molar-refractivity contribution in [2.24, 2.45) is 0 Å². The first-order chi connectivity index (χ1) is 9.78. The van der Waals surface area contributed by atoms with Gasteiger partial charge < -0.3 is 4.74 Å². The number of alkyl halides is 1. The second-order valence-corrected chi connectivity index (χ2v) is 7.18. The summed E-state index contributed by atoms with van der Waals surface area (Å²) in [6.07, 6.45) is 0.973. The van der Waals surface area contributed by atoms with Crippen LogP contribution in [0.15, 0.2) is 42.5 Å². The molecule has 3 rings (SSSR count). The summed E-state index contributed by atoms with van der Waals surface area (Å²) in [6, 6.07) is 14.2. The number of hydrogen-bond acceptors (Lipinski definition) is 2. The van der Waals surface area contributed by atoms with Gasteiger partial charge in [0.1, 0.15) is 11.5 Å². The Kier molecular flexibility index (Phi) is 4.59. The Morgan fingerprint density at radius 1 is 1.20 bits per heavy atom. The van der Waals surface area contributed by atoms with Gasteiger partial charge in [-0.15, -0.1) is 0 Å². The molecular formula is C16H14BrClOS. The van der Waals surface area contributed by atoms with Crippen molar-refractivity contribution >= 4 is 39.3 Å². The standard InChI is InChI=1S/C16H14BrClOS/c17-7-8-20-16-9-11-3-1-2-4-14(11)19-15-6-5-12(18)10-13(15)16/h1-6,10,16H,7-9H2/t16-/m1/s1. The van der Waals surface area contributed by atoms with Crippen LogP contribution in [0, 0.1) is 0 Å². The van der Waals surface area contributed by atoms with Gasteiger partial charge in [-0.1, -0.05) is 45.7 Å². The van der Waals surface area contributed by atoms with Crippen molar-refractivity contribution in [3.63, 3.8) is 0 Å². The Balaban J connectivity index is 2.04. The molecule has 0 N–H and O–H groups in total. The second kappa shape index (κ2) is 6.42. The largest absolute Gasteiger partial charge is 0.457 e. The molecule has 1 nitrogen and oxygen atoms in total. The lowest BCUT2D eigenvalue weighted by molar-refractivity contribution is 0.479. The van der Waals surface area contributed by atoms with E-state index < -0.39 is 0 Å². The minimum atomic E-state index is 0.380. The van der Waals surface area contributed by atoms with Crippen molar-refractivity contribution in [2.75, 3.05) is 11.1 Å². The predicted molar refractivity (Wildman–Crippen MR) is 90.7 cm³/mol. The average molecular weight is 370 g/mol. The van der Waals surface area contributed by atoms with Crippen molar-refractivity contribution in [2.45, 2.75) is 11.7 Å². The number of thioether (sulfide) groups is 1. The summed E-state index contributed by atoms with van der Waals surface area (Å²) in [4.78, 5) is 0. The Morgan fingerprint density at radius 3 is 2.90 bits per heavy atom. The zero-order chi connectivity index (χ0) is 13.9. The summed E-state index contributed by atoms with van der Waals surface area (Å²) in [7, 11) is 0. The molecule has 0 radical (unpaired) electrons. The molecule has 1 atom stereocenters. The molecule has 0 saturated carbocycles. The van der Waals surface area contributed by atoms with Gasteiger partial charge in [0.15, 0.2) is 0 Å². The monoisotopic (exact) mass is 368 g/mol. The summed E-state index contributed by atoms with van der Waals surface area (Å²) in [5.41, 5.74) is 2.45. The Labute approximate surface area is 136 Å². The van der Waals surface area contributed by atoms with Gasteiger partial charge in [-0.05, 0) is 36.2 Å². The first-order valence-corrected chi connectivity index (χ1v) is 9.05. The van der Waals surface area contributed by atoms with Gasteiger partial charge in [0.2, 0.25) is 0 Å². The smallest absolute Gasteiger partial charge is 0.131 e. The number of benzene rings is 2. The van der Waals surface area contributed by atoms with E-state index in [4.69, 9.17) is 16.3 Å². The quantitative estimate of drug-likeness (QED) is 0.627. The highest BCUT2D eigenvalue weighted by molar-refractivity contribution is 9.09. The van der Waals surface area contributed by atoms with E-state index in [0.717, 1.165) is 34.0 Å². The summed E-state index contributed by atoms with van der Waals surface area (Å²) in [5, 5.41) is 2.14. The summed E-state index contributed by atoms with van der Waals surface area (Å²) in [5.74, 6) is 2.95. The molecule has 4 heteroatoms. The molecule has 0 bridgehead atoms. The van der Waals surface area contributed by atoms with Crippen LogP contribution in [0.2, 0.25) is 5.02 Å². The van der Waals surface area contributed by atoms with Crippen LogP contribution in [-0.4, -0.2) is 11.1 Å². The van der Waals surface area contributed by atoms with E-state index in [2.05, 4.69) is 28.1 Å². The van der Waals surface area contributed by atoms with Crippen LogP contribution >= 0.6 is 39.3 Å². The maximum atomic E-state index is 6.17. The third kappa shape index (κ3) is 3.00. The molecule has 104 valence electrons. The lowest BCUT2D eigenvalue weighted by Gasteiger charge is -2.16. The molecule has 1 heterocycles. The predicted octanol–water partition coefficient (Wildman–Crippen LogP) is 5.86. The molecule has 0 unspecified atom stereocenters. The molecule has 0 aromatic heterocycles. The highest BCUT2D eigenvalue weighted by atomic mass is 79.9. The Morgan fingerprint density at radius 2 is 2.05 bits per heavy atom. The summed E-state index contributed by atoms with van der Waals surface area (Å²) in [6.45, 7) is 0. The fraction of sp³-hybridized carbons (Fsp3) is 0.250. The SMILES string of the molecule is Clc1ccc2c(c1)[C@H](SCCBr)Cc1ccccc1O2. The van der Waals surface area contributed by atoms with Crippen LogP contribution < -0.4 is 4.74 Å². The third-order valence-electron chi connectivity index (χ3n) is 3.31. The molecule has 1 aliphatic rings. The van der Waals surface area contributed by atoms with E-state index >= 15 is 0 Å². The van der Waals surface area contributed by atoms with Gasteiger partial charge in [-0.25, -0.2) is 0 Å². The molecule has 0 fully saturated rings. The van der Waals surface area contributed by atoms with Crippen molar-refractivity contribution in [3.8, 4) is 11.5 Å². The van der Waals surface area contributed by atoms with Crippen molar-refractivity contribution < 1.29 is 4.74 Å². The molecule has 0 saturated heterocycles. The van der Waals surface area contributed by atoms with E-state index in [0.29, 0.717) is 5.25 Å². The van der Waals surface area contributed by atoms with Crippen LogP contribution in [0.25, 0.3) is 0 Å². The highest BCUT2D eigenvalue weighted by Crippen LogP contribution is 2.45. The van der Waals surface area contributed by atoms with E-state index in [9.17, 15) is 0 Å². The van der Waals surface area contributed by atoms with E-state index in [-0.39, 0.29) is 0 Å². The van der Waals surface area contributed by atoms with Gasteiger partial charge in [-0.3, -0.25) is 0 Å². The second-order valence-electron chi connectivity index (χ2n) is 4.64. The topological polar surface area (TPSA) is 9.23 Å². The molecule has 1 aliphatic heterocycles. The van der Waals surface area contributed by atoms with Gasteiger partial charge >= 0.3 is 0 Å². The first kappa shape index (κ1) is 14.3. The zero-order valence-corrected chi connectivity index (χ0v) is 14.0. The number of rotatable bonds is 3. The van der Waals surface area contributed by atoms with Crippen LogP contribution in [0.5, 0.6) is 11.5 Å². The van der Waals surface area contributed by atoms with Crippen LogP contribution in [-0.2, 0) is 6.42 Å². The Bertz CT molecular complexity index is 617. The van der Waals surface area contributed by atoms with Crippen LogP contribution in [0.4, 0.5) is 0 Å². The molecule has 0 amide bonds. The fourth-order valence-corrected chi connectivity index (χ4v) is 4.18. The normalized spacial score (nSPS) is 16.8. The molecule has 20 heavy (non-hydrogen) atoms. The molecule has 2 aromatic carbocycles. The van der Waals surface area contributed by atoms with Gasteiger partial charge in [0.05, 0.1) is 0 Å². The van der Waals surface area contributed by atoms with E-state index in [1.165, 1.54) is 11.1 Å². The first-order valence-electron chi connectivity index (χ1n) is 6.50. The van der Waals surface area contributed by atoms with Crippen molar-refractivity contribution in [1.29, 1.82) is 0 Å². The molecular weight excluding hydrogens is 356 g/mol. The maximum Gasteiger partial charge on any atom is 0.131 e. The molecule has 0 aliphatic carbocycles. The summed E-state index contributed by atoms with van der Waals surface area (Å²) >= 11 is 11.6. The van der Waals surface area contributed by atoms with Crippen LogP contribution in [0.3, 0.4) is 0 Å². The van der Waals surface area contributed by atoms with E-state index in [1.807, 2.05) is 42.1 Å². The number of halogens is 2. The summed E-state index contributed by atoms with van der Waals surface area (Å²) < 4.78 is 6.08. The van der Waals surface area contributed by atoms with Gasteiger partial charge in [0.25, 0.3) is 0 Å². The van der Waals surface area contributed by atoms with E-state index in [1.54, 1.807) is 0 Å². The average Bonchev–Trinajstić information content (AvgIpc) is 2.61. The number of para-hydroxylation sites is 1. The Hall–Kier alpha value is -0.640. The zero-order valence-electron chi connectivity index (χ0n) is 10.8. The third-order valence-corrected chi connectivity index (χ3v) is 5.73. The molecule has 2 aromatic rings. The number of ether oxygens (including phenoxy) is 1. The lowest BCUT2D eigenvalue weighted by Crippen LogP contribution is -1.99. The number of hydrogen-bond donors (Lipinski definition) is 0. The van der Waals surface area contributed by atoms with Gasteiger partial charge in [0, 0.05) is 26.9 Å². The van der Waals surface area contributed by atoms with Crippen LogP contribution in [0.1, 0.15) is 16.4 Å².